The van der Waals surface area contributed by atoms with E-state index in [1.165, 1.54) is 6.07 Å². The maximum absolute atomic E-state index is 14.2. The molecule has 1 rings (SSSR count). The van der Waals surface area contributed by atoms with Gasteiger partial charge in [-0.15, -0.1) is 0 Å². The van der Waals surface area contributed by atoms with E-state index in [2.05, 4.69) is 26.6 Å². The van der Waals surface area contributed by atoms with Crippen LogP contribution in [-0.2, 0) is 10.3 Å². The fraction of sp³-hybridized carbons (Fsp3) is 0.562. The van der Waals surface area contributed by atoms with Crippen LogP contribution < -0.4 is 10.6 Å². The summed E-state index contributed by atoms with van der Waals surface area (Å²) >= 11 is 3.36. The number of rotatable bonds is 5. The first kappa shape index (κ1) is 18.1. The van der Waals surface area contributed by atoms with Crippen molar-refractivity contribution in [3.8, 4) is 0 Å². The first-order valence-electron chi connectivity index (χ1n) is 6.98. The molecule has 1 atom stereocenters. The highest BCUT2D eigenvalue weighted by molar-refractivity contribution is 9.10. The van der Waals surface area contributed by atoms with Crippen molar-refractivity contribution in [1.29, 1.82) is 0 Å². The van der Waals surface area contributed by atoms with Gasteiger partial charge in [-0.25, -0.2) is 4.39 Å². The summed E-state index contributed by atoms with van der Waals surface area (Å²) in [6.07, 6.45) is 0.391. The molecule has 0 saturated carbocycles. The molecule has 3 nitrogen and oxygen atoms in total. The highest BCUT2D eigenvalue weighted by Gasteiger charge is 2.32. The van der Waals surface area contributed by atoms with E-state index in [1.54, 1.807) is 19.2 Å². The lowest BCUT2D eigenvalue weighted by Gasteiger charge is -2.33. The summed E-state index contributed by atoms with van der Waals surface area (Å²) in [5.74, 6) is -0.411. The lowest BCUT2D eigenvalue weighted by molar-refractivity contribution is -0.124. The van der Waals surface area contributed by atoms with Crippen LogP contribution in [0.1, 0.15) is 39.7 Å². The molecule has 21 heavy (non-hydrogen) atoms. The molecule has 1 aromatic rings. The smallest absolute Gasteiger partial charge is 0.221 e. The number of carbonyl (C=O) groups excluding carboxylic acids is 1. The summed E-state index contributed by atoms with van der Waals surface area (Å²) in [6, 6.07) is 4.77. The van der Waals surface area contributed by atoms with Crippen molar-refractivity contribution in [1.82, 2.24) is 10.6 Å². The van der Waals surface area contributed by atoms with Crippen molar-refractivity contribution in [2.75, 3.05) is 13.6 Å². The van der Waals surface area contributed by atoms with Crippen molar-refractivity contribution in [2.24, 2.45) is 5.41 Å². The molecule has 0 saturated heterocycles. The lowest BCUT2D eigenvalue weighted by Crippen LogP contribution is -2.50. The first-order chi connectivity index (χ1) is 9.57. The molecule has 0 aliphatic carbocycles. The van der Waals surface area contributed by atoms with Gasteiger partial charge in [0.2, 0.25) is 5.91 Å². The average Bonchev–Trinajstić information content (AvgIpc) is 2.29. The molecule has 1 unspecified atom stereocenters. The summed E-state index contributed by atoms with van der Waals surface area (Å²) in [7, 11) is 1.78. The minimum absolute atomic E-state index is 0.0837. The normalized spacial score (nSPS) is 14.6. The summed E-state index contributed by atoms with van der Waals surface area (Å²) < 4.78 is 15.0. The zero-order chi connectivity index (χ0) is 16.3. The SMILES string of the molecule is CNCC(C)(NC(=O)CC(C)(C)C)c1cc(Br)ccc1F. The monoisotopic (exact) mass is 358 g/mol. The molecule has 1 aromatic carbocycles. The fourth-order valence-electron chi connectivity index (χ4n) is 2.31. The molecule has 0 bridgehead atoms. The van der Waals surface area contributed by atoms with E-state index >= 15 is 0 Å². The summed E-state index contributed by atoms with van der Waals surface area (Å²) in [4.78, 5) is 12.2. The molecular formula is C16H24BrFN2O. The Morgan fingerprint density at radius 3 is 2.43 bits per heavy atom. The molecule has 1 amide bonds. The lowest BCUT2D eigenvalue weighted by atomic mass is 9.88. The van der Waals surface area contributed by atoms with E-state index in [4.69, 9.17) is 0 Å². The van der Waals surface area contributed by atoms with Gasteiger partial charge in [0.15, 0.2) is 0 Å². The maximum Gasteiger partial charge on any atom is 0.221 e. The van der Waals surface area contributed by atoms with Crippen LogP contribution in [0.4, 0.5) is 4.39 Å². The number of benzene rings is 1. The number of hydrogen-bond acceptors (Lipinski definition) is 2. The van der Waals surface area contributed by atoms with Gasteiger partial charge in [0.05, 0.1) is 5.54 Å². The molecule has 0 radical (unpaired) electrons. The minimum atomic E-state index is -0.801. The molecule has 0 aliphatic rings. The highest BCUT2D eigenvalue weighted by Crippen LogP contribution is 2.27. The largest absolute Gasteiger partial charge is 0.345 e. The Hall–Kier alpha value is -0.940. The van der Waals surface area contributed by atoms with E-state index in [9.17, 15) is 9.18 Å². The van der Waals surface area contributed by atoms with Gasteiger partial charge >= 0.3 is 0 Å². The predicted molar refractivity (Wildman–Crippen MR) is 87.6 cm³/mol. The fourth-order valence-corrected chi connectivity index (χ4v) is 2.68. The second-order valence-electron chi connectivity index (χ2n) is 6.77. The van der Waals surface area contributed by atoms with Crippen LogP contribution in [-0.4, -0.2) is 19.5 Å². The van der Waals surface area contributed by atoms with Gasteiger partial charge in [-0.3, -0.25) is 4.79 Å². The number of halogens is 2. The third-order valence-electron chi connectivity index (χ3n) is 3.16. The van der Waals surface area contributed by atoms with Crippen molar-refractivity contribution in [3.63, 3.8) is 0 Å². The molecule has 5 heteroatoms. The van der Waals surface area contributed by atoms with Gasteiger partial charge in [-0.05, 0) is 37.6 Å². The molecule has 0 heterocycles. The minimum Gasteiger partial charge on any atom is -0.345 e. The van der Waals surface area contributed by atoms with E-state index in [0.29, 0.717) is 18.5 Å². The Kier molecular flexibility index (Phi) is 5.93. The van der Waals surface area contributed by atoms with Gasteiger partial charge in [0.25, 0.3) is 0 Å². The summed E-state index contributed by atoms with van der Waals surface area (Å²) in [5, 5.41) is 6.00. The molecule has 2 N–H and O–H groups in total. The zero-order valence-corrected chi connectivity index (χ0v) is 14.9. The first-order valence-corrected chi connectivity index (χ1v) is 7.78. The maximum atomic E-state index is 14.2. The van der Waals surface area contributed by atoms with Crippen LogP contribution in [0.3, 0.4) is 0 Å². The van der Waals surface area contributed by atoms with Gasteiger partial charge in [0.1, 0.15) is 5.82 Å². The number of carbonyl (C=O) groups is 1. The highest BCUT2D eigenvalue weighted by atomic mass is 79.9. The Bertz CT molecular complexity index is 513. The number of hydrogen-bond donors (Lipinski definition) is 2. The Morgan fingerprint density at radius 2 is 1.90 bits per heavy atom. The Morgan fingerprint density at radius 1 is 1.29 bits per heavy atom. The van der Waals surface area contributed by atoms with Crippen LogP contribution in [0.5, 0.6) is 0 Å². The van der Waals surface area contributed by atoms with Crippen LogP contribution in [0.25, 0.3) is 0 Å². The average molecular weight is 359 g/mol. The summed E-state index contributed by atoms with van der Waals surface area (Å²) in [6.45, 7) is 8.27. The van der Waals surface area contributed by atoms with E-state index in [0.717, 1.165) is 4.47 Å². The van der Waals surface area contributed by atoms with E-state index < -0.39 is 5.54 Å². The second-order valence-corrected chi connectivity index (χ2v) is 7.69. The topological polar surface area (TPSA) is 41.1 Å². The third-order valence-corrected chi connectivity index (χ3v) is 3.65. The van der Waals surface area contributed by atoms with Gasteiger partial charge < -0.3 is 10.6 Å². The van der Waals surface area contributed by atoms with Crippen molar-refractivity contribution < 1.29 is 9.18 Å². The van der Waals surface area contributed by atoms with Crippen molar-refractivity contribution in [2.45, 2.75) is 39.7 Å². The number of nitrogens with one attached hydrogen (secondary N) is 2. The van der Waals surface area contributed by atoms with Gasteiger partial charge in [0, 0.05) is 23.0 Å². The molecule has 118 valence electrons. The van der Waals surface area contributed by atoms with Crippen molar-refractivity contribution >= 4 is 21.8 Å². The van der Waals surface area contributed by atoms with Gasteiger partial charge in [-0.1, -0.05) is 36.7 Å². The Balaban J connectivity index is 3.08. The molecule has 0 aliphatic heterocycles. The zero-order valence-electron chi connectivity index (χ0n) is 13.3. The summed E-state index contributed by atoms with van der Waals surface area (Å²) in [5.41, 5.74) is -0.445. The third kappa shape index (κ3) is 5.40. The van der Waals surface area contributed by atoms with Crippen LogP contribution in [0.15, 0.2) is 22.7 Å². The quantitative estimate of drug-likeness (QED) is 0.844. The number of amides is 1. The number of likely N-dealkylation sites (N-methyl/N-ethyl adjacent to an activating group) is 1. The van der Waals surface area contributed by atoms with Crippen LogP contribution in [0, 0.1) is 11.2 Å². The molecule has 0 aromatic heterocycles. The standard InChI is InChI=1S/C16H24BrFN2O/c1-15(2,3)9-14(21)20-16(4,10-19-5)12-8-11(17)6-7-13(12)18/h6-8,19H,9-10H2,1-5H3,(H,20,21). The van der Waals surface area contributed by atoms with Crippen molar-refractivity contribution in [3.05, 3.63) is 34.1 Å². The molecule has 0 fully saturated rings. The van der Waals surface area contributed by atoms with E-state index in [1.807, 2.05) is 27.7 Å². The second kappa shape index (κ2) is 6.88. The van der Waals surface area contributed by atoms with Crippen LogP contribution in [0.2, 0.25) is 0 Å². The van der Waals surface area contributed by atoms with Crippen LogP contribution >= 0.6 is 15.9 Å². The molecule has 0 spiro atoms. The van der Waals surface area contributed by atoms with Gasteiger partial charge in [-0.2, -0.15) is 0 Å². The predicted octanol–water partition coefficient (Wildman–Crippen LogP) is 3.58. The molecular weight excluding hydrogens is 335 g/mol. The van der Waals surface area contributed by atoms with E-state index in [-0.39, 0.29) is 17.1 Å². The Labute approximate surface area is 134 Å².